The van der Waals surface area contributed by atoms with E-state index in [-0.39, 0.29) is 6.61 Å². The number of hydrogen-bond acceptors (Lipinski definition) is 3. The number of methoxy groups -OCH3 is 1. The van der Waals surface area contributed by atoms with Crippen molar-refractivity contribution in [3.63, 3.8) is 0 Å². The smallest absolute Gasteiger partial charge is 0.333 e. The van der Waals surface area contributed by atoms with Gasteiger partial charge >= 0.3 is 5.97 Å². The minimum absolute atomic E-state index is 0.207. The van der Waals surface area contributed by atoms with Crippen LogP contribution in [-0.2, 0) is 9.53 Å². The van der Waals surface area contributed by atoms with Crippen molar-refractivity contribution in [2.45, 2.75) is 6.92 Å². The Morgan fingerprint density at radius 2 is 2.06 bits per heavy atom. The number of rotatable bonds is 4. The Hall–Kier alpha value is -0.710. The maximum atomic E-state index is 11.1. The van der Waals surface area contributed by atoms with Crippen LogP contribution in [0.25, 0.3) is 0 Å². The van der Waals surface area contributed by atoms with Crippen LogP contribution in [0, 0.1) is 0 Å². The Balaban J connectivity index is 2.70. The Morgan fingerprint density at radius 1 is 1.39 bits per heavy atom. The molecule has 0 saturated heterocycles. The van der Waals surface area contributed by atoms with E-state index in [4.69, 9.17) is 27.9 Å². The third-order valence-electron chi connectivity index (χ3n) is 2.11. The Morgan fingerprint density at radius 3 is 2.67 bits per heavy atom. The van der Waals surface area contributed by atoms with Crippen molar-refractivity contribution >= 4 is 45.1 Å². The maximum absolute atomic E-state index is 11.1. The summed E-state index contributed by atoms with van der Waals surface area (Å²) in [5.41, 5.74) is 0.469. The second-order valence-electron chi connectivity index (χ2n) is 3.39. The highest BCUT2D eigenvalue weighted by molar-refractivity contribution is 9.10. The molecule has 0 heterocycles. The molecule has 0 aliphatic carbocycles. The lowest BCUT2D eigenvalue weighted by Crippen LogP contribution is -2.04. The normalized spacial score (nSPS) is 11.3. The zero-order valence-electron chi connectivity index (χ0n) is 9.80. The fraction of sp³-hybridized carbons (Fsp3) is 0.250. The molecule has 0 amide bonds. The molecule has 0 atom stereocenters. The van der Waals surface area contributed by atoms with Crippen LogP contribution in [0.1, 0.15) is 6.92 Å². The van der Waals surface area contributed by atoms with Crippen molar-refractivity contribution in [1.29, 1.82) is 0 Å². The number of carbonyl (C=O) groups excluding carboxylic acids is 1. The van der Waals surface area contributed by atoms with Gasteiger partial charge < -0.3 is 9.47 Å². The molecule has 3 nitrogen and oxygen atoms in total. The molecule has 0 spiro atoms. The fourth-order valence-corrected chi connectivity index (χ4v) is 1.96. The van der Waals surface area contributed by atoms with E-state index < -0.39 is 5.97 Å². The van der Waals surface area contributed by atoms with Crippen LogP contribution < -0.4 is 4.74 Å². The molecule has 0 N–H and O–H groups in total. The van der Waals surface area contributed by atoms with Gasteiger partial charge in [-0.25, -0.2) is 4.79 Å². The van der Waals surface area contributed by atoms with Crippen molar-refractivity contribution in [2.75, 3.05) is 13.7 Å². The summed E-state index contributed by atoms with van der Waals surface area (Å²) in [6, 6.07) is 3.26. The van der Waals surface area contributed by atoms with Crippen LogP contribution in [-0.4, -0.2) is 19.7 Å². The molecule has 18 heavy (non-hydrogen) atoms. The number of hydrogen-bond donors (Lipinski definition) is 0. The highest BCUT2D eigenvalue weighted by atomic mass is 79.9. The van der Waals surface area contributed by atoms with E-state index in [9.17, 15) is 4.79 Å². The predicted molar refractivity (Wildman–Crippen MR) is 75.4 cm³/mol. The number of esters is 1. The fourth-order valence-electron chi connectivity index (χ4n) is 1.12. The second kappa shape index (κ2) is 7.02. The standard InChI is InChI=1S/C12H11BrCl2O3/c1-7(12(16)17-2)3-4-18-11-6-9(14)8(13)5-10(11)15/h3,5-6H,4H2,1-2H3/b7-3+. The van der Waals surface area contributed by atoms with Gasteiger partial charge in [0.15, 0.2) is 0 Å². The lowest BCUT2D eigenvalue weighted by Gasteiger charge is -2.07. The summed E-state index contributed by atoms with van der Waals surface area (Å²) in [7, 11) is 1.33. The number of carbonyl (C=O) groups is 1. The average molecular weight is 354 g/mol. The van der Waals surface area contributed by atoms with Crippen molar-refractivity contribution in [3.05, 3.63) is 38.3 Å². The van der Waals surface area contributed by atoms with Gasteiger partial charge in [-0.1, -0.05) is 23.2 Å². The van der Waals surface area contributed by atoms with Gasteiger partial charge in [-0.3, -0.25) is 0 Å². The van der Waals surface area contributed by atoms with E-state index in [0.29, 0.717) is 25.8 Å². The van der Waals surface area contributed by atoms with E-state index in [2.05, 4.69) is 20.7 Å². The summed E-state index contributed by atoms with van der Waals surface area (Å²) >= 11 is 15.2. The molecule has 0 bridgehead atoms. The summed E-state index contributed by atoms with van der Waals surface area (Å²) < 4.78 is 10.7. The van der Waals surface area contributed by atoms with Crippen LogP contribution in [0.15, 0.2) is 28.3 Å². The molecule has 0 aliphatic heterocycles. The molecular formula is C12H11BrCl2O3. The highest BCUT2D eigenvalue weighted by Gasteiger charge is 2.07. The monoisotopic (exact) mass is 352 g/mol. The van der Waals surface area contributed by atoms with Crippen molar-refractivity contribution in [3.8, 4) is 5.75 Å². The lowest BCUT2D eigenvalue weighted by atomic mass is 10.3. The molecular weight excluding hydrogens is 343 g/mol. The van der Waals surface area contributed by atoms with Crippen LogP contribution >= 0.6 is 39.1 Å². The van der Waals surface area contributed by atoms with E-state index in [0.717, 1.165) is 0 Å². The van der Waals surface area contributed by atoms with E-state index in [1.165, 1.54) is 7.11 Å². The molecule has 0 radical (unpaired) electrons. The lowest BCUT2D eigenvalue weighted by molar-refractivity contribution is -0.136. The minimum Gasteiger partial charge on any atom is -0.488 e. The van der Waals surface area contributed by atoms with Gasteiger partial charge in [0.25, 0.3) is 0 Å². The largest absolute Gasteiger partial charge is 0.488 e. The number of halogens is 3. The maximum Gasteiger partial charge on any atom is 0.333 e. The summed E-state index contributed by atoms with van der Waals surface area (Å²) in [6.45, 7) is 1.85. The molecule has 0 unspecified atom stereocenters. The van der Waals surface area contributed by atoms with Gasteiger partial charge in [0.05, 0.1) is 17.2 Å². The van der Waals surface area contributed by atoms with Crippen LogP contribution in [0.2, 0.25) is 10.0 Å². The minimum atomic E-state index is -0.390. The Kier molecular flexibility index (Phi) is 5.99. The number of benzene rings is 1. The summed E-state index contributed by atoms with van der Waals surface area (Å²) in [5.74, 6) is 0.0670. The van der Waals surface area contributed by atoms with Crippen LogP contribution in [0.3, 0.4) is 0 Å². The summed E-state index contributed by atoms with van der Waals surface area (Å²) in [4.78, 5) is 11.1. The molecule has 1 rings (SSSR count). The topological polar surface area (TPSA) is 35.5 Å². The second-order valence-corrected chi connectivity index (χ2v) is 5.06. The first kappa shape index (κ1) is 15.3. The summed E-state index contributed by atoms with van der Waals surface area (Å²) in [6.07, 6.45) is 1.61. The van der Waals surface area contributed by atoms with Gasteiger partial charge in [-0.05, 0) is 35.0 Å². The van der Waals surface area contributed by atoms with Gasteiger partial charge in [0, 0.05) is 16.1 Å². The Labute approximate surface area is 124 Å². The van der Waals surface area contributed by atoms with Crippen LogP contribution in [0.5, 0.6) is 5.75 Å². The zero-order chi connectivity index (χ0) is 13.7. The average Bonchev–Trinajstić information content (AvgIpc) is 2.34. The third kappa shape index (κ3) is 4.19. The molecule has 0 saturated carbocycles. The quantitative estimate of drug-likeness (QED) is 0.461. The van der Waals surface area contributed by atoms with E-state index in [1.807, 2.05) is 0 Å². The predicted octanol–water partition coefficient (Wildman–Crippen LogP) is 4.25. The van der Waals surface area contributed by atoms with E-state index in [1.54, 1.807) is 25.1 Å². The highest BCUT2D eigenvalue weighted by Crippen LogP contribution is 2.34. The number of ether oxygens (including phenoxy) is 2. The molecule has 6 heteroatoms. The molecule has 1 aromatic carbocycles. The molecule has 0 aromatic heterocycles. The van der Waals surface area contributed by atoms with Gasteiger partial charge in [0.1, 0.15) is 12.4 Å². The summed E-state index contributed by atoms with van der Waals surface area (Å²) in [5, 5.41) is 0.943. The van der Waals surface area contributed by atoms with Gasteiger partial charge in [0.2, 0.25) is 0 Å². The zero-order valence-corrected chi connectivity index (χ0v) is 12.9. The molecule has 98 valence electrons. The van der Waals surface area contributed by atoms with Crippen molar-refractivity contribution in [2.24, 2.45) is 0 Å². The first-order valence-corrected chi connectivity index (χ1v) is 6.53. The third-order valence-corrected chi connectivity index (χ3v) is 3.60. The first-order valence-electron chi connectivity index (χ1n) is 4.98. The first-order chi connectivity index (χ1) is 8.45. The van der Waals surface area contributed by atoms with Gasteiger partial charge in [-0.2, -0.15) is 0 Å². The van der Waals surface area contributed by atoms with Crippen molar-refractivity contribution < 1.29 is 14.3 Å². The van der Waals surface area contributed by atoms with Crippen molar-refractivity contribution in [1.82, 2.24) is 0 Å². The van der Waals surface area contributed by atoms with Gasteiger partial charge in [-0.15, -0.1) is 0 Å². The molecule has 0 aliphatic rings. The van der Waals surface area contributed by atoms with Crippen LogP contribution in [0.4, 0.5) is 0 Å². The Bertz CT molecular complexity index is 486. The molecule has 1 aromatic rings. The SMILES string of the molecule is COC(=O)/C(C)=C/COc1cc(Cl)c(Br)cc1Cl. The molecule has 0 fully saturated rings. The van der Waals surface area contributed by atoms with E-state index >= 15 is 0 Å².